The third-order valence-electron chi connectivity index (χ3n) is 3.59. The van der Waals surface area contributed by atoms with E-state index >= 15 is 0 Å². The average Bonchev–Trinajstić information content (AvgIpc) is 2.60. The molecule has 0 bridgehead atoms. The maximum Gasteiger partial charge on any atom is 0.573 e. The van der Waals surface area contributed by atoms with Gasteiger partial charge in [-0.3, -0.25) is 0 Å². The molecule has 2 nitrogen and oxygen atoms in total. The Morgan fingerprint density at radius 3 is 2.08 bits per heavy atom. The van der Waals surface area contributed by atoms with Crippen molar-refractivity contribution >= 4 is 22.6 Å². The Labute approximate surface area is 162 Å². The van der Waals surface area contributed by atoms with E-state index < -0.39 is 6.36 Å². The van der Waals surface area contributed by atoms with Crippen LogP contribution in [0, 0.1) is 3.57 Å². The molecule has 0 unspecified atom stereocenters. The molecular weight excluding hydrogens is 456 g/mol. The van der Waals surface area contributed by atoms with Crippen molar-refractivity contribution in [1.82, 2.24) is 0 Å². The summed E-state index contributed by atoms with van der Waals surface area (Å²) in [7, 11) is 0. The standard InChI is InChI=1S/C20H14F3IO2/c21-20(22,23)26-17-10-11-18(19(24)12-17)15-6-8-16(9-7-15)25-13-14-4-2-1-3-5-14/h1-12H,13H2. The Morgan fingerprint density at radius 2 is 1.46 bits per heavy atom. The van der Waals surface area contributed by atoms with Crippen molar-refractivity contribution in [3.05, 3.63) is 81.9 Å². The molecule has 0 saturated carbocycles. The van der Waals surface area contributed by atoms with Crippen LogP contribution < -0.4 is 9.47 Å². The first-order valence-electron chi connectivity index (χ1n) is 7.73. The number of alkyl halides is 3. The Bertz CT molecular complexity index is 862. The second-order valence-corrected chi connectivity index (χ2v) is 6.65. The SMILES string of the molecule is FC(F)(F)Oc1ccc(-c2ccc(OCc3ccccc3)cc2)c(I)c1. The molecule has 26 heavy (non-hydrogen) atoms. The lowest BCUT2D eigenvalue weighted by Crippen LogP contribution is -2.17. The van der Waals surface area contributed by atoms with Crippen LogP contribution in [0.1, 0.15) is 5.56 Å². The Balaban J connectivity index is 1.70. The second-order valence-electron chi connectivity index (χ2n) is 5.49. The predicted octanol–water partition coefficient (Wildman–Crippen LogP) is 6.44. The molecule has 0 atom stereocenters. The highest BCUT2D eigenvalue weighted by Gasteiger charge is 2.31. The van der Waals surface area contributed by atoms with E-state index in [9.17, 15) is 13.2 Å². The van der Waals surface area contributed by atoms with Crippen LogP contribution in [0.25, 0.3) is 11.1 Å². The molecule has 0 aliphatic rings. The van der Waals surface area contributed by atoms with Crippen molar-refractivity contribution < 1.29 is 22.6 Å². The van der Waals surface area contributed by atoms with Crippen LogP contribution in [-0.4, -0.2) is 6.36 Å². The van der Waals surface area contributed by atoms with Crippen molar-refractivity contribution in [2.24, 2.45) is 0 Å². The van der Waals surface area contributed by atoms with E-state index in [4.69, 9.17) is 4.74 Å². The minimum atomic E-state index is -4.69. The molecule has 0 N–H and O–H groups in total. The summed E-state index contributed by atoms with van der Waals surface area (Å²) in [6, 6.07) is 21.6. The summed E-state index contributed by atoms with van der Waals surface area (Å²) < 4.78 is 47.2. The molecule has 0 fully saturated rings. The van der Waals surface area contributed by atoms with E-state index in [1.165, 1.54) is 12.1 Å². The van der Waals surface area contributed by atoms with Crippen LogP contribution in [0.15, 0.2) is 72.8 Å². The van der Waals surface area contributed by atoms with Gasteiger partial charge in [-0.25, -0.2) is 0 Å². The zero-order valence-electron chi connectivity index (χ0n) is 13.5. The monoisotopic (exact) mass is 470 g/mol. The van der Waals surface area contributed by atoms with E-state index in [0.29, 0.717) is 10.2 Å². The predicted molar refractivity (Wildman–Crippen MR) is 102 cm³/mol. The second kappa shape index (κ2) is 7.99. The van der Waals surface area contributed by atoms with Gasteiger partial charge in [0.2, 0.25) is 0 Å². The lowest BCUT2D eigenvalue weighted by Gasteiger charge is -2.12. The molecule has 0 spiro atoms. The summed E-state index contributed by atoms with van der Waals surface area (Å²) in [6.45, 7) is 0.473. The van der Waals surface area contributed by atoms with Gasteiger partial charge >= 0.3 is 6.36 Å². The summed E-state index contributed by atoms with van der Waals surface area (Å²) in [4.78, 5) is 0. The zero-order valence-corrected chi connectivity index (χ0v) is 15.6. The normalized spacial score (nSPS) is 11.2. The zero-order chi connectivity index (χ0) is 18.6. The Morgan fingerprint density at radius 1 is 0.808 bits per heavy atom. The fraction of sp³-hybridized carbons (Fsp3) is 0.100. The molecule has 0 radical (unpaired) electrons. The summed E-state index contributed by atoms with van der Waals surface area (Å²) in [5.41, 5.74) is 2.79. The molecule has 0 saturated heterocycles. The van der Waals surface area contributed by atoms with Crippen molar-refractivity contribution in [3.63, 3.8) is 0 Å². The molecule has 0 aromatic heterocycles. The van der Waals surface area contributed by atoms with Crippen LogP contribution in [0.4, 0.5) is 13.2 Å². The highest BCUT2D eigenvalue weighted by molar-refractivity contribution is 14.1. The van der Waals surface area contributed by atoms with Gasteiger partial charge in [-0.15, -0.1) is 13.2 Å². The van der Waals surface area contributed by atoms with E-state index in [1.54, 1.807) is 6.07 Å². The molecule has 0 heterocycles. The maximum absolute atomic E-state index is 12.3. The molecule has 0 aliphatic heterocycles. The van der Waals surface area contributed by atoms with Gasteiger partial charge in [-0.2, -0.15) is 0 Å². The van der Waals surface area contributed by atoms with E-state index in [2.05, 4.69) is 4.74 Å². The van der Waals surface area contributed by atoms with Crippen LogP contribution in [0.5, 0.6) is 11.5 Å². The summed E-state index contributed by atoms with van der Waals surface area (Å²) in [6.07, 6.45) is -4.69. The molecule has 3 aromatic rings. The largest absolute Gasteiger partial charge is 0.573 e. The first-order chi connectivity index (χ1) is 12.4. The summed E-state index contributed by atoms with van der Waals surface area (Å²) >= 11 is 2.00. The number of ether oxygens (including phenoxy) is 2. The number of hydrogen-bond donors (Lipinski definition) is 0. The highest BCUT2D eigenvalue weighted by atomic mass is 127. The lowest BCUT2D eigenvalue weighted by molar-refractivity contribution is -0.274. The van der Waals surface area contributed by atoms with Gasteiger partial charge < -0.3 is 9.47 Å². The summed E-state index contributed by atoms with van der Waals surface area (Å²) in [5, 5.41) is 0. The fourth-order valence-electron chi connectivity index (χ4n) is 2.40. The van der Waals surface area contributed by atoms with Crippen molar-refractivity contribution in [3.8, 4) is 22.6 Å². The molecule has 3 rings (SSSR count). The quantitative estimate of drug-likeness (QED) is 0.400. The minimum absolute atomic E-state index is 0.228. The number of hydrogen-bond acceptors (Lipinski definition) is 2. The number of rotatable bonds is 5. The van der Waals surface area contributed by atoms with Gasteiger partial charge in [0.1, 0.15) is 18.1 Å². The van der Waals surface area contributed by atoms with E-state index in [0.717, 1.165) is 22.4 Å². The maximum atomic E-state index is 12.3. The first kappa shape index (κ1) is 18.6. The van der Waals surface area contributed by atoms with Crippen LogP contribution >= 0.6 is 22.6 Å². The lowest BCUT2D eigenvalue weighted by atomic mass is 10.1. The van der Waals surface area contributed by atoms with Gasteiger partial charge in [0.05, 0.1) is 0 Å². The first-order valence-corrected chi connectivity index (χ1v) is 8.81. The van der Waals surface area contributed by atoms with Gasteiger partial charge in [0.25, 0.3) is 0 Å². The van der Waals surface area contributed by atoms with Gasteiger partial charge in [-0.05, 0) is 69.6 Å². The van der Waals surface area contributed by atoms with E-state index in [-0.39, 0.29) is 5.75 Å². The Kier molecular flexibility index (Phi) is 5.70. The number of benzene rings is 3. The smallest absolute Gasteiger partial charge is 0.489 e. The summed E-state index contributed by atoms with van der Waals surface area (Å²) in [5.74, 6) is 0.498. The number of halogens is 4. The third kappa shape index (κ3) is 5.14. The molecule has 134 valence electrons. The fourth-order valence-corrected chi connectivity index (χ4v) is 3.20. The van der Waals surface area contributed by atoms with Crippen molar-refractivity contribution in [1.29, 1.82) is 0 Å². The minimum Gasteiger partial charge on any atom is -0.489 e. The molecule has 6 heteroatoms. The molecular formula is C20H14F3IO2. The molecule has 0 amide bonds. The van der Waals surface area contributed by atoms with Crippen LogP contribution in [0.3, 0.4) is 0 Å². The highest BCUT2D eigenvalue weighted by Crippen LogP contribution is 2.32. The van der Waals surface area contributed by atoms with E-state index in [1.807, 2.05) is 77.2 Å². The molecule has 3 aromatic carbocycles. The van der Waals surface area contributed by atoms with Crippen LogP contribution in [-0.2, 0) is 6.61 Å². The van der Waals surface area contributed by atoms with Gasteiger partial charge in [0, 0.05) is 3.57 Å². The van der Waals surface area contributed by atoms with Crippen LogP contribution in [0.2, 0.25) is 0 Å². The topological polar surface area (TPSA) is 18.5 Å². The van der Waals surface area contributed by atoms with Gasteiger partial charge in [0.15, 0.2) is 0 Å². The van der Waals surface area contributed by atoms with Crippen molar-refractivity contribution in [2.75, 3.05) is 0 Å². The third-order valence-corrected chi connectivity index (χ3v) is 4.48. The van der Waals surface area contributed by atoms with Crippen molar-refractivity contribution in [2.45, 2.75) is 13.0 Å². The molecule has 0 aliphatic carbocycles. The average molecular weight is 470 g/mol. The van der Waals surface area contributed by atoms with Gasteiger partial charge in [-0.1, -0.05) is 42.5 Å². The Hall–Kier alpha value is -2.22.